The average Bonchev–Trinajstić information content (AvgIpc) is 3.09. The fraction of sp³-hybridized carbons (Fsp3) is 0.333. The highest BCUT2D eigenvalue weighted by atomic mass is 16.5. The molecule has 0 aliphatic carbocycles. The van der Waals surface area contributed by atoms with Gasteiger partial charge in [-0.05, 0) is 25.0 Å². The van der Waals surface area contributed by atoms with Crippen LogP contribution in [0.2, 0.25) is 0 Å². The van der Waals surface area contributed by atoms with Gasteiger partial charge in [0.2, 0.25) is 17.5 Å². The predicted octanol–water partition coefficient (Wildman–Crippen LogP) is 2.43. The van der Waals surface area contributed by atoms with Gasteiger partial charge in [0.25, 0.3) is 11.8 Å². The molecular formula is C18H19N3O5. The maximum absolute atomic E-state index is 12.8. The Morgan fingerprint density at radius 2 is 1.81 bits per heavy atom. The summed E-state index contributed by atoms with van der Waals surface area (Å²) in [6, 6.07) is 5.79. The number of esters is 1. The van der Waals surface area contributed by atoms with E-state index in [-0.39, 0.29) is 30.0 Å². The number of oxazole rings is 1. The maximum atomic E-state index is 12.8. The molecule has 2 amide bonds. The molecule has 0 unspecified atom stereocenters. The molecule has 0 bridgehead atoms. The van der Waals surface area contributed by atoms with Crippen LogP contribution in [0.3, 0.4) is 0 Å². The van der Waals surface area contributed by atoms with Crippen LogP contribution in [-0.2, 0) is 4.74 Å². The highest BCUT2D eigenvalue weighted by Gasteiger charge is 2.44. The number of nitrogens with two attached hydrogens (primary N) is 1. The zero-order chi connectivity index (χ0) is 19.0. The Hall–Kier alpha value is -3.16. The lowest BCUT2D eigenvalue weighted by Gasteiger charge is -2.26. The number of amides is 2. The van der Waals surface area contributed by atoms with E-state index in [9.17, 15) is 14.4 Å². The second-order valence-electron chi connectivity index (χ2n) is 6.20. The average molecular weight is 357 g/mol. The van der Waals surface area contributed by atoms with Crippen molar-refractivity contribution >= 4 is 23.7 Å². The Balaban J connectivity index is 2.02. The fourth-order valence-corrected chi connectivity index (χ4v) is 2.98. The largest absolute Gasteiger partial charge is 0.461 e. The first kappa shape index (κ1) is 17.7. The van der Waals surface area contributed by atoms with Gasteiger partial charge in [-0.2, -0.15) is 0 Å². The molecule has 136 valence electrons. The molecule has 2 aromatic rings. The Bertz CT molecular complexity index is 852. The molecule has 1 aliphatic heterocycles. The molecule has 1 atom stereocenters. The van der Waals surface area contributed by atoms with Gasteiger partial charge in [-0.3, -0.25) is 14.5 Å². The highest BCUT2D eigenvalue weighted by Crippen LogP contribution is 2.36. The van der Waals surface area contributed by atoms with Crippen LogP contribution >= 0.6 is 0 Å². The van der Waals surface area contributed by atoms with Crippen LogP contribution in [0.1, 0.15) is 63.9 Å². The lowest BCUT2D eigenvalue weighted by atomic mass is 10.0. The van der Waals surface area contributed by atoms with E-state index in [0.717, 1.165) is 4.90 Å². The first-order valence-electron chi connectivity index (χ1n) is 8.27. The van der Waals surface area contributed by atoms with Gasteiger partial charge in [-0.1, -0.05) is 26.0 Å². The van der Waals surface area contributed by atoms with Crippen molar-refractivity contribution < 1.29 is 23.5 Å². The molecule has 1 aliphatic rings. The number of carbonyl (C=O) groups excluding carboxylic acids is 3. The minimum atomic E-state index is -0.798. The summed E-state index contributed by atoms with van der Waals surface area (Å²) in [5.41, 5.74) is 6.24. The number of hydrogen-bond acceptors (Lipinski definition) is 7. The number of nitrogen functional groups attached to an aromatic ring is 1. The Kier molecular flexibility index (Phi) is 4.50. The first-order chi connectivity index (χ1) is 12.4. The third-order valence-electron chi connectivity index (χ3n) is 4.13. The van der Waals surface area contributed by atoms with Crippen LogP contribution in [0, 0.1) is 5.92 Å². The third kappa shape index (κ3) is 2.73. The Morgan fingerprint density at radius 3 is 2.31 bits per heavy atom. The number of rotatable bonds is 5. The SMILES string of the molecule is CCOC(=O)c1nc([C@H](C(C)C)N2C(=O)c3ccccc3C2=O)oc1N. The van der Waals surface area contributed by atoms with E-state index < -0.39 is 23.8 Å². The van der Waals surface area contributed by atoms with Gasteiger partial charge in [0, 0.05) is 0 Å². The molecule has 0 fully saturated rings. The van der Waals surface area contributed by atoms with Gasteiger partial charge in [0.15, 0.2) is 0 Å². The van der Waals surface area contributed by atoms with Crippen LogP contribution in [0.15, 0.2) is 28.7 Å². The lowest BCUT2D eigenvalue weighted by Crippen LogP contribution is -2.37. The third-order valence-corrected chi connectivity index (χ3v) is 4.13. The van der Waals surface area contributed by atoms with Crippen LogP contribution in [-0.4, -0.2) is 34.3 Å². The van der Waals surface area contributed by atoms with E-state index in [1.807, 2.05) is 13.8 Å². The molecule has 8 heteroatoms. The summed E-state index contributed by atoms with van der Waals surface area (Å²) < 4.78 is 10.3. The van der Waals surface area contributed by atoms with Gasteiger partial charge < -0.3 is 14.9 Å². The summed E-state index contributed by atoms with van der Waals surface area (Å²) in [6.45, 7) is 5.45. The predicted molar refractivity (Wildman–Crippen MR) is 91.4 cm³/mol. The van der Waals surface area contributed by atoms with Crippen LogP contribution in [0.25, 0.3) is 0 Å². The van der Waals surface area contributed by atoms with Crippen molar-refractivity contribution in [3.8, 4) is 0 Å². The number of benzene rings is 1. The monoisotopic (exact) mass is 357 g/mol. The molecule has 2 heterocycles. The van der Waals surface area contributed by atoms with Crippen molar-refractivity contribution in [2.24, 2.45) is 5.92 Å². The number of anilines is 1. The summed E-state index contributed by atoms with van der Waals surface area (Å²) in [6.07, 6.45) is 0. The summed E-state index contributed by atoms with van der Waals surface area (Å²) in [5, 5.41) is 0. The molecule has 26 heavy (non-hydrogen) atoms. The van der Waals surface area contributed by atoms with Crippen molar-refractivity contribution in [1.29, 1.82) is 0 Å². The Labute approximate surface area is 149 Å². The van der Waals surface area contributed by atoms with Gasteiger partial charge >= 0.3 is 5.97 Å². The van der Waals surface area contributed by atoms with Gasteiger partial charge in [-0.15, -0.1) is 0 Å². The standard InChI is InChI=1S/C18H19N3O5/c1-4-25-18(24)12-14(19)26-15(20-12)13(9(2)3)21-16(22)10-7-5-6-8-11(10)17(21)23/h5-9,13H,4,19H2,1-3H3/t13-/m0/s1. The summed E-state index contributed by atoms with van der Waals surface area (Å²) >= 11 is 0. The normalized spacial score (nSPS) is 14.7. The van der Waals surface area contributed by atoms with Gasteiger partial charge in [0.05, 0.1) is 17.7 Å². The quantitative estimate of drug-likeness (QED) is 0.645. The summed E-state index contributed by atoms with van der Waals surface area (Å²) in [4.78, 5) is 42.7. The van der Waals surface area contributed by atoms with Crippen LogP contribution in [0.5, 0.6) is 0 Å². The lowest BCUT2D eigenvalue weighted by molar-refractivity contribution is 0.0506. The Morgan fingerprint density at radius 1 is 1.23 bits per heavy atom. The van der Waals surface area contributed by atoms with Crippen molar-refractivity contribution in [1.82, 2.24) is 9.88 Å². The number of carbonyl (C=O) groups is 3. The topological polar surface area (TPSA) is 116 Å². The molecule has 0 radical (unpaired) electrons. The van der Waals surface area contributed by atoms with Crippen LogP contribution in [0.4, 0.5) is 5.88 Å². The molecule has 0 spiro atoms. The molecule has 8 nitrogen and oxygen atoms in total. The van der Waals surface area contributed by atoms with E-state index in [4.69, 9.17) is 14.9 Å². The van der Waals surface area contributed by atoms with Crippen molar-refractivity contribution in [2.75, 3.05) is 12.3 Å². The number of ether oxygens (including phenoxy) is 1. The number of aromatic nitrogens is 1. The minimum Gasteiger partial charge on any atom is -0.461 e. The fourth-order valence-electron chi connectivity index (χ4n) is 2.98. The molecule has 3 rings (SSSR count). The molecule has 0 saturated carbocycles. The second kappa shape index (κ2) is 6.62. The maximum Gasteiger partial charge on any atom is 0.362 e. The summed E-state index contributed by atoms with van der Waals surface area (Å²) in [5.74, 6) is -1.98. The van der Waals surface area contributed by atoms with Crippen molar-refractivity contribution in [2.45, 2.75) is 26.8 Å². The number of nitrogens with zero attached hydrogens (tertiary/aromatic N) is 2. The summed E-state index contributed by atoms with van der Waals surface area (Å²) in [7, 11) is 0. The first-order valence-corrected chi connectivity index (χ1v) is 8.27. The van der Waals surface area contributed by atoms with E-state index in [1.54, 1.807) is 31.2 Å². The highest BCUT2D eigenvalue weighted by molar-refractivity contribution is 6.21. The van der Waals surface area contributed by atoms with Crippen LogP contribution < -0.4 is 5.73 Å². The van der Waals surface area contributed by atoms with Crippen molar-refractivity contribution in [3.63, 3.8) is 0 Å². The van der Waals surface area contributed by atoms with E-state index in [0.29, 0.717) is 11.1 Å². The molecule has 2 N–H and O–H groups in total. The zero-order valence-electron chi connectivity index (χ0n) is 14.7. The molecule has 1 aromatic heterocycles. The van der Waals surface area contributed by atoms with Crippen molar-refractivity contribution in [3.05, 3.63) is 47.0 Å². The molecule has 1 aromatic carbocycles. The van der Waals surface area contributed by atoms with E-state index in [1.165, 1.54) is 0 Å². The van der Waals surface area contributed by atoms with Gasteiger partial charge in [0.1, 0.15) is 6.04 Å². The number of fused-ring (bicyclic) bond motifs is 1. The second-order valence-corrected chi connectivity index (χ2v) is 6.20. The zero-order valence-corrected chi connectivity index (χ0v) is 14.7. The molecule has 0 saturated heterocycles. The number of hydrogen-bond donors (Lipinski definition) is 1. The van der Waals surface area contributed by atoms with E-state index in [2.05, 4.69) is 4.98 Å². The molecular weight excluding hydrogens is 338 g/mol. The smallest absolute Gasteiger partial charge is 0.362 e. The minimum absolute atomic E-state index is 0.0232. The van der Waals surface area contributed by atoms with E-state index >= 15 is 0 Å². The van der Waals surface area contributed by atoms with Gasteiger partial charge in [-0.25, -0.2) is 9.78 Å². The number of imide groups is 1.